The van der Waals surface area contributed by atoms with Crippen LogP contribution in [0.5, 0.6) is 0 Å². The van der Waals surface area contributed by atoms with Gasteiger partial charge in [-0.1, -0.05) is 11.6 Å². The van der Waals surface area contributed by atoms with E-state index in [2.05, 4.69) is 15.0 Å². The van der Waals surface area contributed by atoms with Crippen LogP contribution in [0.25, 0.3) is 5.65 Å². The molecule has 11 heteroatoms. The number of hydrogen-bond acceptors (Lipinski definition) is 6. The number of benzene rings is 1. The van der Waals surface area contributed by atoms with Crippen LogP contribution in [0.15, 0.2) is 18.2 Å². The third-order valence-electron chi connectivity index (χ3n) is 6.26. The van der Waals surface area contributed by atoms with Gasteiger partial charge in [0.15, 0.2) is 5.65 Å². The molecule has 4 rings (SSSR count). The number of sulfonamides is 1. The average Bonchev–Trinajstić information content (AvgIpc) is 3.18. The monoisotopic (exact) mass is 504 g/mol. The first-order valence-electron chi connectivity index (χ1n) is 11.1. The zero-order valence-corrected chi connectivity index (χ0v) is 21.5. The van der Waals surface area contributed by atoms with Crippen molar-refractivity contribution in [1.82, 2.24) is 19.5 Å². The number of aryl methyl sites for hydroxylation is 2. The summed E-state index contributed by atoms with van der Waals surface area (Å²) in [7, 11) is -1.75. The van der Waals surface area contributed by atoms with Gasteiger partial charge in [0.1, 0.15) is 5.82 Å². The van der Waals surface area contributed by atoms with Crippen LogP contribution in [0, 0.1) is 20.8 Å². The number of carbonyl (C=O) groups excluding carboxylic acids is 1. The normalized spacial score (nSPS) is 16.6. The zero-order chi connectivity index (χ0) is 24.8. The number of carbonyl (C=O) groups is 1. The van der Waals surface area contributed by atoms with Crippen LogP contribution in [0.4, 0.5) is 11.5 Å². The highest BCUT2D eigenvalue weighted by molar-refractivity contribution is 7.92. The average molecular weight is 505 g/mol. The zero-order valence-electron chi connectivity index (χ0n) is 19.9. The molecule has 0 saturated carbocycles. The Hall–Kier alpha value is -2.85. The van der Waals surface area contributed by atoms with Crippen LogP contribution in [-0.4, -0.2) is 53.7 Å². The number of nitrogens with zero attached hydrogens (tertiary/aromatic N) is 4. The van der Waals surface area contributed by atoms with E-state index in [0.717, 1.165) is 48.3 Å². The number of amides is 1. The van der Waals surface area contributed by atoms with Gasteiger partial charge in [-0.05, 0) is 57.7 Å². The maximum Gasteiger partial charge on any atom is 0.256 e. The van der Waals surface area contributed by atoms with Crippen LogP contribution >= 0.6 is 11.6 Å². The van der Waals surface area contributed by atoms with E-state index in [1.54, 1.807) is 22.4 Å². The Morgan fingerprint density at radius 3 is 2.59 bits per heavy atom. The van der Waals surface area contributed by atoms with E-state index in [1.807, 2.05) is 27.0 Å². The van der Waals surface area contributed by atoms with Crippen molar-refractivity contribution in [3.05, 3.63) is 51.3 Å². The summed E-state index contributed by atoms with van der Waals surface area (Å²) in [5.74, 6) is 0.570. The van der Waals surface area contributed by atoms with E-state index in [9.17, 15) is 13.2 Å². The SMILES string of the molecule is CNc1c(C)c(C)nc2cc(C3CCCCN3C(=O)c3cc(Cl)cc(C)c3NS(C)(=O)=O)nn12. The van der Waals surface area contributed by atoms with Crippen molar-refractivity contribution in [2.75, 3.05) is 29.9 Å². The minimum absolute atomic E-state index is 0.229. The number of aromatic nitrogens is 3. The lowest BCUT2D eigenvalue weighted by molar-refractivity contribution is 0.0607. The number of likely N-dealkylation sites (tertiary alicyclic amines) is 1. The van der Waals surface area contributed by atoms with Gasteiger partial charge in [0.2, 0.25) is 10.0 Å². The number of fused-ring (bicyclic) bond motifs is 1. The lowest BCUT2D eigenvalue weighted by Crippen LogP contribution is -2.39. The van der Waals surface area contributed by atoms with Crippen molar-refractivity contribution >= 4 is 44.7 Å². The molecule has 1 atom stereocenters. The lowest BCUT2D eigenvalue weighted by Gasteiger charge is -2.35. The second-order valence-electron chi connectivity index (χ2n) is 8.79. The van der Waals surface area contributed by atoms with Crippen molar-refractivity contribution in [3.8, 4) is 0 Å². The standard InChI is InChI=1S/C23H29ClN6O3S/c1-13-10-16(24)11-17(21(13)28-34(5,32)33)23(31)29-9-7-6-8-19(29)18-12-20-26-15(3)14(2)22(25-4)30(20)27-18/h10-12,19,25,28H,6-9H2,1-5H3. The second kappa shape index (κ2) is 9.07. The van der Waals surface area contributed by atoms with Gasteiger partial charge in [0.05, 0.1) is 29.2 Å². The van der Waals surface area contributed by atoms with Crippen molar-refractivity contribution in [3.63, 3.8) is 0 Å². The van der Waals surface area contributed by atoms with Crippen LogP contribution in [0.3, 0.4) is 0 Å². The molecule has 9 nitrogen and oxygen atoms in total. The van der Waals surface area contributed by atoms with Gasteiger partial charge in [-0.25, -0.2) is 13.4 Å². The number of hydrogen-bond donors (Lipinski definition) is 2. The fraction of sp³-hybridized carbons (Fsp3) is 0.435. The van der Waals surface area contributed by atoms with Gasteiger partial charge in [-0.3, -0.25) is 9.52 Å². The smallest absolute Gasteiger partial charge is 0.256 e. The Labute approximate surface area is 204 Å². The van der Waals surface area contributed by atoms with E-state index < -0.39 is 10.0 Å². The predicted octanol–water partition coefficient (Wildman–Crippen LogP) is 4.09. The highest BCUT2D eigenvalue weighted by Crippen LogP contribution is 2.35. The van der Waals surface area contributed by atoms with Gasteiger partial charge in [-0.2, -0.15) is 9.61 Å². The molecule has 2 aromatic heterocycles. The summed E-state index contributed by atoms with van der Waals surface area (Å²) in [6.45, 7) is 6.20. The Morgan fingerprint density at radius 2 is 1.91 bits per heavy atom. The number of anilines is 2. The van der Waals surface area contributed by atoms with Crippen LogP contribution in [0.2, 0.25) is 5.02 Å². The van der Waals surface area contributed by atoms with E-state index in [-0.39, 0.29) is 23.2 Å². The quantitative estimate of drug-likeness (QED) is 0.541. The maximum absolute atomic E-state index is 13.8. The van der Waals surface area contributed by atoms with E-state index in [0.29, 0.717) is 22.8 Å². The molecule has 1 unspecified atom stereocenters. The van der Waals surface area contributed by atoms with E-state index in [4.69, 9.17) is 16.7 Å². The molecule has 1 fully saturated rings. The summed E-state index contributed by atoms with van der Waals surface area (Å²) in [5.41, 5.74) is 4.43. The van der Waals surface area contributed by atoms with Gasteiger partial charge >= 0.3 is 0 Å². The highest BCUT2D eigenvalue weighted by Gasteiger charge is 2.33. The van der Waals surface area contributed by atoms with E-state index in [1.165, 1.54) is 6.07 Å². The van der Waals surface area contributed by atoms with Crippen molar-refractivity contribution in [2.45, 2.75) is 46.1 Å². The molecular weight excluding hydrogens is 476 g/mol. The van der Waals surface area contributed by atoms with Crippen molar-refractivity contribution in [1.29, 1.82) is 0 Å². The van der Waals surface area contributed by atoms with Crippen LogP contribution < -0.4 is 10.0 Å². The third kappa shape index (κ3) is 4.56. The Balaban J connectivity index is 1.79. The Bertz CT molecular complexity index is 1390. The van der Waals surface area contributed by atoms with Crippen LogP contribution in [0.1, 0.15) is 58.2 Å². The van der Waals surface area contributed by atoms with Crippen molar-refractivity contribution in [2.24, 2.45) is 0 Å². The summed E-state index contributed by atoms with van der Waals surface area (Å²) in [6.07, 6.45) is 3.61. The Kier molecular flexibility index (Phi) is 6.48. The highest BCUT2D eigenvalue weighted by atomic mass is 35.5. The maximum atomic E-state index is 13.8. The van der Waals surface area contributed by atoms with Gasteiger partial charge < -0.3 is 10.2 Å². The Morgan fingerprint density at radius 1 is 1.18 bits per heavy atom. The number of rotatable bonds is 5. The molecule has 1 aromatic carbocycles. The first-order valence-corrected chi connectivity index (χ1v) is 13.4. The molecule has 1 aliphatic rings. The van der Waals surface area contributed by atoms with Gasteiger partial charge in [-0.15, -0.1) is 0 Å². The van der Waals surface area contributed by atoms with Crippen molar-refractivity contribution < 1.29 is 13.2 Å². The van der Waals surface area contributed by atoms with Gasteiger partial charge in [0.25, 0.3) is 5.91 Å². The lowest BCUT2D eigenvalue weighted by atomic mass is 9.97. The first-order chi connectivity index (χ1) is 16.0. The molecule has 3 aromatic rings. The summed E-state index contributed by atoms with van der Waals surface area (Å²) in [4.78, 5) is 20.2. The molecule has 0 bridgehead atoms. The molecule has 1 amide bonds. The predicted molar refractivity (Wildman–Crippen MR) is 134 cm³/mol. The fourth-order valence-electron chi connectivity index (χ4n) is 4.54. The van der Waals surface area contributed by atoms with Crippen LogP contribution in [-0.2, 0) is 10.0 Å². The van der Waals surface area contributed by atoms with Gasteiger partial charge in [0, 0.05) is 35.9 Å². The molecule has 0 aliphatic carbocycles. The largest absolute Gasteiger partial charge is 0.373 e. The molecule has 2 N–H and O–H groups in total. The fourth-order valence-corrected chi connectivity index (χ4v) is 5.46. The number of piperidine rings is 1. The molecular formula is C23H29ClN6O3S. The summed E-state index contributed by atoms with van der Waals surface area (Å²) in [5, 5.41) is 8.38. The van der Waals surface area contributed by atoms with E-state index >= 15 is 0 Å². The number of halogens is 1. The molecule has 0 spiro atoms. The minimum atomic E-state index is -3.59. The molecule has 1 saturated heterocycles. The molecule has 0 radical (unpaired) electrons. The number of nitrogens with one attached hydrogen (secondary N) is 2. The summed E-state index contributed by atoms with van der Waals surface area (Å²) in [6, 6.07) is 4.81. The topological polar surface area (TPSA) is 109 Å². The molecule has 1 aliphatic heterocycles. The third-order valence-corrected chi connectivity index (χ3v) is 7.05. The second-order valence-corrected chi connectivity index (χ2v) is 11.0. The minimum Gasteiger partial charge on any atom is -0.373 e. The molecule has 182 valence electrons. The molecule has 3 heterocycles. The summed E-state index contributed by atoms with van der Waals surface area (Å²) >= 11 is 6.27. The molecule has 34 heavy (non-hydrogen) atoms. The first kappa shape index (κ1) is 24.3. The summed E-state index contributed by atoms with van der Waals surface area (Å²) < 4.78 is 28.3.